The average Bonchev–Trinajstić information content (AvgIpc) is 3.40. The van der Waals surface area contributed by atoms with Crippen LogP contribution in [0.15, 0.2) is 45.9 Å². The van der Waals surface area contributed by atoms with Crippen LogP contribution in [0.1, 0.15) is 37.5 Å². The molecule has 31 heavy (non-hydrogen) atoms. The average molecular weight is 420 g/mol. The van der Waals surface area contributed by atoms with Gasteiger partial charge in [-0.1, -0.05) is 0 Å². The maximum Gasteiger partial charge on any atom is 0.328 e. The van der Waals surface area contributed by atoms with E-state index in [1.54, 1.807) is 30.1 Å². The van der Waals surface area contributed by atoms with Crippen LogP contribution in [-0.4, -0.2) is 36.6 Å². The minimum absolute atomic E-state index is 0.0119. The quantitative estimate of drug-likeness (QED) is 0.489. The van der Waals surface area contributed by atoms with Crippen molar-refractivity contribution in [2.45, 2.75) is 38.1 Å². The monoisotopic (exact) mass is 420 g/mol. The largest absolute Gasteiger partial charge is 0.497 e. The molecule has 0 N–H and O–H groups in total. The third-order valence-electron chi connectivity index (χ3n) is 6.26. The van der Waals surface area contributed by atoms with Crippen LogP contribution >= 0.6 is 0 Å². The van der Waals surface area contributed by atoms with E-state index in [0.29, 0.717) is 24.2 Å². The SMILES string of the molecule is COc1ccc2c(c1)n(CC1CCC(c3nnc(-c4ccnnc4)o3)CC1)c(=O)n2C. The van der Waals surface area contributed by atoms with Gasteiger partial charge < -0.3 is 9.15 Å². The Morgan fingerprint density at radius 1 is 1.10 bits per heavy atom. The van der Waals surface area contributed by atoms with Gasteiger partial charge in [-0.15, -0.1) is 10.2 Å². The highest BCUT2D eigenvalue weighted by Gasteiger charge is 2.27. The lowest BCUT2D eigenvalue weighted by molar-refractivity contribution is 0.270. The molecule has 0 spiro atoms. The number of fused-ring (bicyclic) bond motifs is 1. The van der Waals surface area contributed by atoms with Gasteiger partial charge in [0.05, 0.1) is 36.1 Å². The lowest BCUT2D eigenvalue weighted by Gasteiger charge is -2.26. The molecule has 0 aliphatic heterocycles. The van der Waals surface area contributed by atoms with E-state index in [0.717, 1.165) is 48.0 Å². The molecule has 1 saturated carbocycles. The molecule has 3 heterocycles. The molecule has 5 rings (SSSR count). The molecule has 0 radical (unpaired) electrons. The van der Waals surface area contributed by atoms with Gasteiger partial charge in [0.15, 0.2) is 0 Å². The van der Waals surface area contributed by atoms with E-state index >= 15 is 0 Å². The first-order chi connectivity index (χ1) is 15.1. The summed E-state index contributed by atoms with van der Waals surface area (Å²) in [5, 5.41) is 16.1. The highest BCUT2D eigenvalue weighted by Crippen LogP contribution is 2.37. The number of methoxy groups -OCH3 is 1. The second-order valence-electron chi connectivity index (χ2n) is 8.10. The van der Waals surface area contributed by atoms with Gasteiger partial charge in [0, 0.05) is 25.6 Å². The highest BCUT2D eigenvalue weighted by atomic mass is 16.5. The van der Waals surface area contributed by atoms with Crippen LogP contribution in [0.5, 0.6) is 5.75 Å². The van der Waals surface area contributed by atoms with Crippen molar-refractivity contribution >= 4 is 11.0 Å². The van der Waals surface area contributed by atoms with E-state index in [2.05, 4.69) is 20.4 Å². The van der Waals surface area contributed by atoms with E-state index < -0.39 is 0 Å². The predicted octanol–water partition coefficient (Wildman–Crippen LogP) is 3.16. The zero-order valence-electron chi connectivity index (χ0n) is 17.6. The minimum Gasteiger partial charge on any atom is -0.497 e. The van der Waals surface area contributed by atoms with Gasteiger partial charge in [-0.2, -0.15) is 10.2 Å². The fourth-order valence-electron chi connectivity index (χ4n) is 4.48. The zero-order chi connectivity index (χ0) is 21.4. The summed E-state index contributed by atoms with van der Waals surface area (Å²) in [6.07, 6.45) is 7.16. The van der Waals surface area contributed by atoms with Crippen LogP contribution in [0.2, 0.25) is 0 Å². The van der Waals surface area contributed by atoms with Crippen molar-refractivity contribution in [3.05, 3.63) is 53.0 Å². The van der Waals surface area contributed by atoms with Crippen molar-refractivity contribution in [2.24, 2.45) is 13.0 Å². The Morgan fingerprint density at radius 3 is 2.68 bits per heavy atom. The van der Waals surface area contributed by atoms with Crippen molar-refractivity contribution in [2.75, 3.05) is 7.11 Å². The van der Waals surface area contributed by atoms with E-state index in [1.807, 2.05) is 29.8 Å². The van der Waals surface area contributed by atoms with Crippen molar-refractivity contribution in [3.63, 3.8) is 0 Å². The topological polar surface area (TPSA) is 101 Å². The van der Waals surface area contributed by atoms with Crippen LogP contribution in [0, 0.1) is 5.92 Å². The summed E-state index contributed by atoms with van der Waals surface area (Å²) in [5.41, 5.74) is 2.62. The van der Waals surface area contributed by atoms with Gasteiger partial charge in [-0.05, 0) is 49.8 Å². The minimum atomic E-state index is 0.0119. The molecule has 1 aliphatic carbocycles. The first-order valence-electron chi connectivity index (χ1n) is 10.5. The Hall–Kier alpha value is -3.49. The molecule has 9 heteroatoms. The second kappa shape index (κ2) is 7.98. The third-order valence-corrected chi connectivity index (χ3v) is 6.26. The summed E-state index contributed by atoms with van der Waals surface area (Å²) in [5.74, 6) is 2.59. The van der Waals surface area contributed by atoms with E-state index in [1.165, 1.54) is 0 Å². The summed E-state index contributed by atoms with van der Waals surface area (Å²) in [6, 6.07) is 7.57. The molecule has 0 atom stereocenters. The summed E-state index contributed by atoms with van der Waals surface area (Å²) in [4.78, 5) is 12.8. The molecule has 1 aliphatic rings. The molecule has 1 aromatic carbocycles. The van der Waals surface area contributed by atoms with Gasteiger partial charge in [0.2, 0.25) is 11.8 Å². The van der Waals surface area contributed by atoms with Crippen molar-refractivity contribution in [1.82, 2.24) is 29.5 Å². The number of ether oxygens (including phenoxy) is 1. The van der Waals surface area contributed by atoms with Crippen LogP contribution in [0.25, 0.3) is 22.5 Å². The van der Waals surface area contributed by atoms with E-state index in [9.17, 15) is 4.79 Å². The number of aromatic nitrogens is 6. The smallest absolute Gasteiger partial charge is 0.328 e. The van der Waals surface area contributed by atoms with Gasteiger partial charge >= 0.3 is 5.69 Å². The number of hydrogen-bond donors (Lipinski definition) is 0. The lowest BCUT2D eigenvalue weighted by Crippen LogP contribution is -2.27. The Kier molecular flexibility index (Phi) is 5.01. The molecule has 1 fully saturated rings. The summed E-state index contributed by atoms with van der Waals surface area (Å²) in [6.45, 7) is 0.702. The lowest BCUT2D eigenvalue weighted by atomic mass is 9.82. The molecule has 3 aromatic heterocycles. The van der Waals surface area contributed by atoms with Crippen LogP contribution < -0.4 is 10.4 Å². The predicted molar refractivity (Wildman–Crippen MR) is 114 cm³/mol. The van der Waals surface area contributed by atoms with Crippen molar-refractivity contribution in [3.8, 4) is 17.2 Å². The number of nitrogens with zero attached hydrogens (tertiary/aromatic N) is 6. The molecular formula is C22H24N6O3. The number of aryl methyl sites for hydroxylation is 1. The second-order valence-corrected chi connectivity index (χ2v) is 8.10. The maximum absolute atomic E-state index is 12.8. The molecular weight excluding hydrogens is 396 g/mol. The Bertz CT molecular complexity index is 1250. The van der Waals surface area contributed by atoms with Gasteiger partial charge in [-0.25, -0.2) is 4.79 Å². The van der Waals surface area contributed by atoms with E-state index in [-0.39, 0.29) is 11.6 Å². The first kappa shape index (κ1) is 19.5. The number of rotatable bonds is 5. The summed E-state index contributed by atoms with van der Waals surface area (Å²) < 4.78 is 14.8. The van der Waals surface area contributed by atoms with Crippen molar-refractivity contribution < 1.29 is 9.15 Å². The molecule has 0 unspecified atom stereocenters. The number of imidazole rings is 1. The molecule has 160 valence electrons. The normalized spacial score (nSPS) is 19.0. The molecule has 0 amide bonds. The van der Waals surface area contributed by atoms with Crippen LogP contribution in [0.3, 0.4) is 0 Å². The number of benzene rings is 1. The van der Waals surface area contributed by atoms with Crippen LogP contribution in [-0.2, 0) is 13.6 Å². The third kappa shape index (κ3) is 3.60. The fourth-order valence-corrected chi connectivity index (χ4v) is 4.48. The van der Waals surface area contributed by atoms with Gasteiger partial charge in [0.25, 0.3) is 0 Å². The Balaban J connectivity index is 1.29. The standard InChI is InChI=1S/C22H24N6O3/c1-27-18-8-7-17(30-2)11-19(18)28(22(27)29)13-14-3-5-15(6-4-14)20-25-26-21(31-20)16-9-10-23-24-12-16/h7-12,14-15H,3-6,13H2,1-2H3. The fraction of sp³-hybridized carbons (Fsp3) is 0.409. The van der Waals surface area contributed by atoms with Gasteiger partial charge in [0.1, 0.15) is 5.75 Å². The molecule has 0 bridgehead atoms. The first-order valence-corrected chi connectivity index (χ1v) is 10.5. The van der Waals surface area contributed by atoms with Crippen LogP contribution in [0.4, 0.5) is 0 Å². The zero-order valence-corrected chi connectivity index (χ0v) is 17.6. The van der Waals surface area contributed by atoms with Gasteiger partial charge in [-0.3, -0.25) is 9.13 Å². The van der Waals surface area contributed by atoms with Crippen molar-refractivity contribution in [1.29, 1.82) is 0 Å². The number of hydrogen-bond acceptors (Lipinski definition) is 7. The molecule has 9 nitrogen and oxygen atoms in total. The molecule has 4 aromatic rings. The Labute approximate surface area is 178 Å². The Morgan fingerprint density at radius 2 is 1.94 bits per heavy atom. The summed E-state index contributed by atoms with van der Waals surface area (Å²) in [7, 11) is 3.46. The molecule has 0 saturated heterocycles. The maximum atomic E-state index is 12.8. The van der Waals surface area contributed by atoms with E-state index in [4.69, 9.17) is 9.15 Å². The highest BCUT2D eigenvalue weighted by molar-refractivity contribution is 5.77. The summed E-state index contributed by atoms with van der Waals surface area (Å²) >= 11 is 0.